The van der Waals surface area contributed by atoms with E-state index in [0.717, 1.165) is 10.0 Å². The van der Waals surface area contributed by atoms with Gasteiger partial charge in [0.1, 0.15) is 0 Å². The van der Waals surface area contributed by atoms with Gasteiger partial charge in [-0.3, -0.25) is 9.78 Å². The Morgan fingerprint density at radius 2 is 1.90 bits per heavy atom. The number of carbonyl (C=O) groups excluding carboxylic acids is 1. The quantitative estimate of drug-likeness (QED) is 0.903. The zero-order chi connectivity index (χ0) is 14.7. The molecule has 6 heteroatoms. The van der Waals surface area contributed by atoms with Gasteiger partial charge in [-0.2, -0.15) is 0 Å². The molecular formula is C14H11BrN2O3. The van der Waals surface area contributed by atoms with Gasteiger partial charge >= 0.3 is 5.97 Å². The highest BCUT2D eigenvalue weighted by molar-refractivity contribution is 9.10. The van der Waals surface area contributed by atoms with Crippen LogP contribution in [-0.4, -0.2) is 22.0 Å². The first-order chi connectivity index (χ1) is 9.47. The van der Waals surface area contributed by atoms with Crippen LogP contribution in [0.1, 0.15) is 26.3 Å². The molecule has 2 N–H and O–H groups in total. The third kappa shape index (κ3) is 3.21. The molecule has 0 aliphatic carbocycles. The van der Waals surface area contributed by atoms with Crippen molar-refractivity contribution in [3.8, 4) is 0 Å². The first-order valence-corrected chi connectivity index (χ1v) is 6.52. The summed E-state index contributed by atoms with van der Waals surface area (Å²) in [6, 6.07) is 6.69. The molecule has 0 fully saturated rings. The Kier molecular flexibility index (Phi) is 4.14. The number of hydrogen-bond acceptors (Lipinski definition) is 3. The fourth-order valence-electron chi connectivity index (χ4n) is 1.61. The number of rotatable bonds is 3. The van der Waals surface area contributed by atoms with Crippen LogP contribution in [0.25, 0.3) is 0 Å². The zero-order valence-electron chi connectivity index (χ0n) is 10.6. The van der Waals surface area contributed by atoms with Gasteiger partial charge in [0.05, 0.1) is 11.1 Å². The van der Waals surface area contributed by atoms with Gasteiger partial charge in [0.25, 0.3) is 5.91 Å². The van der Waals surface area contributed by atoms with Crippen molar-refractivity contribution in [2.75, 3.05) is 5.32 Å². The lowest BCUT2D eigenvalue weighted by Gasteiger charge is -2.07. The van der Waals surface area contributed by atoms with E-state index in [9.17, 15) is 9.59 Å². The Morgan fingerprint density at radius 1 is 1.20 bits per heavy atom. The largest absolute Gasteiger partial charge is 0.478 e. The summed E-state index contributed by atoms with van der Waals surface area (Å²) in [6.45, 7) is 1.91. The molecule has 1 amide bonds. The number of nitrogens with one attached hydrogen (secondary N) is 1. The van der Waals surface area contributed by atoms with E-state index in [-0.39, 0.29) is 11.1 Å². The number of carboxylic acid groups (broad SMARTS) is 1. The number of nitrogens with zero attached hydrogens (tertiary/aromatic N) is 1. The average molecular weight is 335 g/mol. The van der Waals surface area contributed by atoms with Crippen molar-refractivity contribution < 1.29 is 14.7 Å². The summed E-state index contributed by atoms with van der Waals surface area (Å²) in [7, 11) is 0. The van der Waals surface area contributed by atoms with Crippen LogP contribution in [-0.2, 0) is 0 Å². The minimum Gasteiger partial charge on any atom is -0.478 e. The molecule has 0 radical (unpaired) electrons. The number of aromatic carboxylic acids is 1. The molecule has 102 valence electrons. The number of carbonyl (C=O) groups is 2. The lowest BCUT2D eigenvalue weighted by molar-refractivity contribution is 0.0696. The number of anilines is 1. The van der Waals surface area contributed by atoms with Crippen molar-refractivity contribution in [2.45, 2.75) is 6.92 Å². The van der Waals surface area contributed by atoms with Crippen LogP contribution in [0.3, 0.4) is 0 Å². The third-order valence-corrected chi connectivity index (χ3v) is 3.55. The summed E-state index contributed by atoms with van der Waals surface area (Å²) in [5.41, 5.74) is 1.80. The molecule has 0 unspecified atom stereocenters. The minimum atomic E-state index is -1.12. The molecule has 0 aliphatic rings. The van der Waals surface area contributed by atoms with Crippen LogP contribution >= 0.6 is 15.9 Å². The van der Waals surface area contributed by atoms with E-state index in [0.29, 0.717) is 5.69 Å². The van der Waals surface area contributed by atoms with Gasteiger partial charge in [-0.15, -0.1) is 0 Å². The summed E-state index contributed by atoms with van der Waals surface area (Å²) >= 11 is 3.38. The summed E-state index contributed by atoms with van der Waals surface area (Å²) in [4.78, 5) is 26.6. The maximum Gasteiger partial charge on any atom is 0.337 e. The highest BCUT2D eigenvalue weighted by Crippen LogP contribution is 2.20. The van der Waals surface area contributed by atoms with Gasteiger partial charge in [-0.1, -0.05) is 15.9 Å². The van der Waals surface area contributed by atoms with Crippen LogP contribution in [0.15, 0.2) is 41.1 Å². The van der Waals surface area contributed by atoms with Crippen LogP contribution in [0, 0.1) is 6.92 Å². The van der Waals surface area contributed by atoms with Gasteiger partial charge in [0.15, 0.2) is 0 Å². The fourth-order valence-corrected chi connectivity index (χ4v) is 1.85. The summed E-state index contributed by atoms with van der Waals surface area (Å²) in [5.74, 6) is -1.52. The molecular weight excluding hydrogens is 324 g/mol. The predicted octanol–water partition coefficient (Wildman–Crippen LogP) is 3.10. The Balaban J connectivity index is 2.21. The highest BCUT2D eigenvalue weighted by Gasteiger charge is 2.11. The van der Waals surface area contributed by atoms with Crippen LogP contribution in [0.4, 0.5) is 5.69 Å². The number of pyridine rings is 1. The van der Waals surface area contributed by atoms with Crippen LogP contribution in [0.2, 0.25) is 0 Å². The SMILES string of the molecule is Cc1cc(NC(=O)c2cncc(C(=O)O)c2)ccc1Br. The molecule has 0 bridgehead atoms. The smallest absolute Gasteiger partial charge is 0.337 e. The molecule has 2 rings (SSSR count). The molecule has 0 saturated heterocycles. The Morgan fingerprint density at radius 3 is 2.55 bits per heavy atom. The van der Waals surface area contributed by atoms with E-state index in [1.807, 2.05) is 19.1 Å². The second-order valence-electron chi connectivity index (χ2n) is 4.19. The number of aromatic nitrogens is 1. The first-order valence-electron chi connectivity index (χ1n) is 5.73. The summed E-state index contributed by atoms with van der Waals surface area (Å²) in [6.07, 6.45) is 2.52. The molecule has 2 aromatic rings. The molecule has 5 nitrogen and oxygen atoms in total. The fraction of sp³-hybridized carbons (Fsp3) is 0.0714. The molecule has 1 aromatic heterocycles. The van der Waals surface area contributed by atoms with Gasteiger partial charge in [-0.25, -0.2) is 4.79 Å². The van der Waals surface area contributed by atoms with Gasteiger partial charge in [0.2, 0.25) is 0 Å². The van der Waals surface area contributed by atoms with Crippen molar-refractivity contribution >= 4 is 33.5 Å². The van der Waals surface area contributed by atoms with Gasteiger partial charge in [0, 0.05) is 22.6 Å². The standard InChI is InChI=1S/C14H11BrN2O3/c1-8-4-11(2-3-12(8)15)17-13(18)9-5-10(14(19)20)7-16-6-9/h2-7H,1H3,(H,17,18)(H,19,20). The number of carboxylic acids is 1. The van der Waals surface area contributed by atoms with Gasteiger partial charge < -0.3 is 10.4 Å². The Labute approximate surface area is 123 Å². The predicted molar refractivity (Wildman–Crippen MR) is 78.0 cm³/mol. The molecule has 1 heterocycles. The minimum absolute atomic E-state index is 0.0235. The summed E-state index contributed by atoms with van der Waals surface area (Å²) in [5, 5.41) is 11.6. The number of halogens is 1. The Bertz CT molecular complexity index is 686. The average Bonchev–Trinajstić information content (AvgIpc) is 2.43. The van der Waals surface area contributed by atoms with Gasteiger partial charge in [-0.05, 0) is 36.8 Å². The second kappa shape index (κ2) is 5.83. The van der Waals surface area contributed by atoms with E-state index in [1.54, 1.807) is 6.07 Å². The third-order valence-electron chi connectivity index (χ3n) is 2.66. The number of benzene rings is 1. The molecule has 20 heavy (non-hydrogen) atoms. The zero-order valence-corrected chi connectivity index (χ0v) is 12.1. The summed E-state index contributed by atoms with van der Waals surface area (Å²) < 4.78 is 0.949. The number of hydrogen-bond donors (Lipinski definition) is 2. The normalized spacial score (nSPS) is 10.1. The molecule has 1 aromatic carbocycles. The maximum atomic E-state index is 12.0. The van der Waals surface area contributed by atoms with E-state index in [2.05, 4.69) is 26.2 Å². The van der Waals surface area contributed by atoms with Crippen molar-refractivity contribution in [1.82, 2.24) is 4.98 Å². The second-order valence-corrected chi connectivity index (χ2v) is 5.04. The lowest BCUT2D eigenvalue weighted by atomic mass is 10.2. The molecule has 0 aliphatic heterocycles. The van der Waals surface area contributed by atoms with Crippen molar-refractivity contribution in [1.29, 1.82) is 0 Å². The lowest BCUT2D eigenvalue weighted by Crippen LogP contribution is -2.13. The van der Waals surface area contributed by atoms with Crippen LogP contribution < -0.4 is 5.32 Å². The first kappa shape index (κ1) is 14.2. The van der Waals surface area contributed by atoms with Crippen molar-refractivity contribution in [3.05, 3.63) is 57.8 Å². The molecule has 0 saturated carbocycles. The van der Waals surface area contributed by atoms with E-state index in [1.165, 1.54) is 18.5 Å². The van der Waals surface area contributed by atoms with Crippen molar-refractivity contribution in [3.63, 3.8) is 0 Å². The van der Waals surface area contributed by atoms with Crippen LogP contribution in [0.5, 0.6) is 0 Å². The Hall–Kier alpha value is -2.21. The van der Waals surface area contributed by atoms with E-state index < -0.39 is 11.9 Å². The monoisotopic (exact) mass is 334 g/mol. The highest BCUT2D eigenvalue weighted by atomic mass is 79.9. The van der Waals surface area contributed by atoms with E-state index in [4.69, 9.17) is 5.11 Å². The molecule has 0 spiro atoms. The number of amides is 1. The topological polar surface area (TPSA) is 79.3 Å². The number of aryl methyl sites for hydroxylation is 1. The maximum absolute atomic E-state index is 12.0. The van der Waals surface area contributed by atoms with E-state index >= 15 is 0 Å². The molecule has 0 atom stereocenters. The van der Waals surface area contributed by atoms with Crippen molar-refractivity contribution in [2.24, 2.45) is 0 Å².